The molecular weight excluding hydrogens is 282 g/mol. The van der Waals surface area contributed by atoms with Crippen molar-refractivity contribution in [3.63, 3.8) is 0 Å². The lowest BCUT2D eigenvalue weighted by molar-refractivity contribution is 0.316. The molecule has 5 heteroatoms. The molecule has 94 valence electrons. The van der Waals surface area contributed by atoms with Gasteiger partial charge in [-0.2, -0.15) is 0 Å². The molecule has 4 N–H and O–H groups in total. The van der Waals surface area contributed by atoms with Gasteiger partial charge in [0, 0.05) is 16.9 Å². The van der Waals surface area contributed by atoms with Gasteiger partial charge in [-0.05, 0) is 37.6 Å². The van der Waals surface area contributed by atoms with Crippen LogP contribution in [0, 0.1) is 0 Å². The molecule has 0 heterocycles. The second-order valence-corrected chi connectivity index (χ2v) is 4.84. The maximum atomic E-state index is 8.39. The van der Waals surface area contributed by atoms with Crippen LogP contribution in [0.25, 0.3) is 0 Å². The summed E-state index contributed by atoms with van der Waals surface area (Å²) >= 11 is 3.45. The third-order valence-corrected chi connectivity index (χ3v) is 3.03. The van der Waals surface area contributed by atoms with Gasteiger partial charge in [-0.25, -0.2) is 0 Å². The number of oxime groups is 1. The van der Waals surface area contributed by atoms with E-state index in [0.29, 0.717) is 12.5 Å². The fourth-order valence-electron chi connectivity index (χ4n) is 1.53. The minimum Gasteiger partial charge on any atom is -0.409 e. The Labute approximate surface area is 110 Å². The molecule has 1 atom stereocenters. The van der Waals surface area contributed by atoms with Gasteiger partial charge in [0.1, 0.15) is 5.84 Å². The first-order valence-corrected chi connectivity index (χ1v) is 6.38. The number of hydrogen-bond donors (Lipinski definition) is 3. The van der Waals surface area contributed by atoms with Gasteiger partial charge < -0.3 is 16.3 Å². The fourth-order valence-corrected chi connectivity index (χ4v) is 1.95. The third-order valence-electron chi connectivity index (χ3n) is 2.54. The van der Waals surface area contributed by atoms with Gasteiger partial charge in [-0.1, -0.05) is 33.2 Å². The van der Waals surface area contributed by atoms with E-state index in [4.69, 9.17) is 10.9 Å². The van der Waals surface area contributed by atoms with Gasteiger partial charge in [-0.15, -0.1) is 0 Å². The van der Waals surface area contributed by atoms with Crippen LogP contribution in [0.1, 0.15) is 31.4 Å². The second-order valence-electron chi connectivity index (χ2n) is 3.93. The number of hydrogen-bond acceptors (Lipinski definition) is 3. The fraction of sp³-hybridized carbons (Fsp3) is 0.417. The SMILES string of the molecule is C[C@@H](NCCC/C(N)=N/O)c1cccc(Br)c1. The molecule has 17 heavy (non-hydrogen) atoms. The van der Waals surface area contributed by atoms with E-state index in [-0.39, 0.29) is 5.84 Å². The summed E-state index contributed by atoms with van der Waals surface area (Å²) in [7, 11) is 0. The zero-order chi connectivity index (χ0) is 12.7. The van der Waals surface area contributed by atoms with Crippen LogP contribution >= 0.6 is 15.9 Å². The van der Waals surface area contributed by atoms with Gasteiger partial charge >= 0.3 is 0 Å². The summed E-state index contributed by atoms with van der Waals surface area (Å²) in [4.78, 5) is 0. The number of nitrogens with zero attached hydrogens (tertiary/aromatic N) is 1. The van der Waals surface area contributed by atoms with Crippen LogP contribution < -0.4 is 11.1 Å². The zero-order valence-corrected chi connectivity index (χ0v) is 11.4. The van der Waals surface area contributed by atoms with Crippen LogP contribution in [0.2, 0.25) is 0 Å². The highest BCUT2D eigenvalue weighted by Crippen LogP contribution is 2.17. The highest BCUT2D eigenvalue weighted by Gasteiger charge is 2.04. The lowest BCUT2D eigenvalue weighted by Gasteiger charge is -2.14. The Bertz CT molecular complexity index is 382. The van der Waals surface area contributed by atoms with Crippen molar-refractivity contribution < 1.29 is 5.21 Å². The van der Waals surface area contributed by atoms with Crippen LogP contribution in [-0.4, -0.2) is 17.6 Å². The van der Waals surface area contributed by atoms with Crippen LogP contribution in [0.4, 0.5) is 0 Å². The average Bonchev–Trinajstić information content (AvgIpc) is 2.34. The average molecular weight is 300 g/mol. The lowest BCUT2D eigenvalue weighted by Crippen LogP contribution is -2.21. The van der Waals surface area contributed by atoms with E-state index in [9.17, 15) is 0 Å². The van der Waals surface area contributed by atoms with Crippen LogP contribution in [0.5, 0.6) is 0 Å². The summed E-state index contributed by atoms with van der Waals surface area (Å²) in [5.74, 6) is 0.280. The molecule has 0 saturated heterocycles. The van der Waals surface area contributed by atoms with Crippen molar-refractivity contribution >= 4 is 21.8 Å². The number of halogens is 1. The highest BCUT2D eigenvalue weighted by molar-refractivity contribution is 9.10. The van der Waals surface area contributed by atoms with E-state index in [1.807, 2.05) is 12.1 Å². The van der Waals surface area contributed by atoms with Crippen molar-refractivity contribution in [3.05, 3.63) is 34.3 Å². The maximum absolute atomic E-state index is 8.39. The Hall–Kier alpha value is -1.07. The minimum atomic E-state index is 0.280. The lowest BCUT2D eigenvalue weighted by atomic mass is 10.1. The van der Waals surface area contributed by atoms with Gasteiger partial charge in [0.25, 0.3) is 0 Å². The molecule has 0 saturated carbocycles. The van der Waals surface area contributed by atoms with Crippen LogP contribution in [-0.2, 0) is 0 Å². The summed E-state index contributed by atoms with van der Waals surface area (Å²) in [5.41, 5.74) is 6.63. The first-order chi connectivity index (χ1) is 8.13. The normalized spacial score (nSPS) is 13.6. The van der Waals surface area contributed by atoms with E-state index in [2.05, 4.69) is 45.5 Å². The first kappa shape index (κ1) is 14.0. The summed E-state index contributed by atoms with van der Waals surface area (Å²) in [5, 5.41) is 14.7. The molecule has 0 bridgehead atoms. The molecule has 1 aromatic rings. The molecule has 0 aliphatic heterocycles. The van der Waals surface area contributed by atoms with E-state index in [0.717, 1.165) is 17.4 Å². The first-order valence-electron chi connectivity index (χ1n) is 5.58. The molecule has 0 aliphatic rings. The molecule has 1 rings (SSSR count). The summed E-state index contributed by atoms with van der Waals surface area (Å²) < 4.78 is 1.08. The Kier molecular flexibility index (Phi) is 6.00. The summed E-state index contributed by atoms with van der Waals surface area (Å²) in [6, 6.07) is 8.51. The topological polar surface area (TPSA) is 70.6 Å². The number of amidine groups is 1. The Balaban J connectivity index is 2.32. The van der Waals surface area contributed by atoms with Crippen molar-refractivity contribution in [2.45, 2.75) is 25.8 Å². The predicted molar refractivity (Wildman–Crippen MR) is 73.2 cm³/mol. The molecule has 0 unspecified atom stereocenters. The smallest absolute Gasteiger partial charge is 0.139 e. The molecule has 0 fully saturated rings. The van der Waals surface area contributed by atoms with E-state index >= 15 is 0 Å². The molecule has 0 spiro atoms. The van der Waals surface area contributed by atoms with Crippen molar-refractivity contribution in [2.75, 3.05) is 6.54 Å². The Morgan fingerprint density at radius 3 is 3.00 bits per heavy atom. The third kappa shape index (κ3) is 5.19. The molecule has 0 radical (unpaired) electrons. The molecule has 1 aromatic carbocycles. The van der Waals surface area contributed by atoms with Crippen molar-refractivity contribution in [1.82, 2.24) is 5.32 Å². The van der Waals surface area contributed by atoms with Gasteiger partial charge in [0.05, 0.1) is 0 Å². The Morgan fingerprint density at radius 1 is 1.59 bits per heavy atom. The van der Waals surface area contributed by atoms with Gasteiger partial charge in [-0.3, -0.25) is 0 Å². The van der Waals surface area contributed by atoms with Gasteiger partial charge in [0.2, 0.25) is 0 Å². The van der Waals surface area contributed by atoms with E-state index in [1.165, 1.54) is 5.56 Å². The van der Waals surface area contributed by atoms with E-state index in [1.54, 1.807) is 0 Å². The quantitative estimate of drug-likeness (QED) is 0.249. The summed E-state index contributed by atoms with van der Waals surface area (Å²) in [6.45, 7) is 2.95. The number of nitrogens with two attached hydrogens (primary N) is 1. The predicted octanol–water partition coefficient (Wildman–Crippen LogP) is 2.63. The minimum absolute atomic E-state index is 0.280. The monoisotopic (exact) mass is 299 g/mol. The largest absolute Gasteiger partial charge is 0.409 e. The second kappa shape index (κ2) is 7.29. The summed E-state index contributed by atoms with van der Waals surface area (Å²) in [6.07, 6.45) is 1.46. The molecular formula is C12H18BrN3O. The highest BCUT2D eigenvalue weighted by atomic mass is 79.9. The molecule has 0 amide bonds. The van der Waals surface area contributed by atoms with E-state index < -0.39 is 0 Å². The van der Waals surface area contributed by atoms with Gasteiger partial charge in [0.15, 0.2) is 0 Å². The molecule has 0 aliphatic carbocycles. The zero-order valence-electron chi connectivity index (χ0n) is 9.86. The number of nitrogens with one attached hydrogen (secondary N) is 1. The van der Waals surface area contributed by atoms with Crippen molar-refractivity contribution in [1.29, 1.82) is 0 Å². The molecule has 4 nitrogen and oxygen atoms in total. The Morgan fingerprint density at radius 2 is 2.35 bits per heavy atom. The number of rotatable bonds is 6. The standard InChI is InChI=1S/C12H18BrN3O/c1-9(10-4-2-5-11(13)8-10)15-7-3-6-12(14)16-17/h2,4-5,8-9,15,17H,3,6-7H2,1H3,(H2,14,16)/t9-/m1/s1. The maximum Gasteiger partial charge on any atom is 0.139 e. The van der Waals surface area contributed by atoms with Crippen molar-refractivity contribution in [2.24, 2.45) is 10.9 Å². The van der Waals surface area contributed by atoms with Crippen LogP contribution in [0.15, 0.2) is 33.9 Å². The molecule has 0 aromatic heterocycles. The van der Waals surface area contributed by atoms with Crippen LogP contribution in [0.3, 0.4) is 0 Å². The number of benzene rings is 1. The van der Waals surface area contributed by atoms with Crippen molar-refractivity contribution in [3.8, 4) is 0 Å².